The normalized spacial score (nSPS) is 18.0. The van der Waals surface area contributed by atoms with Crippen LogP contribution >= 0.6 is 0 Å². The number of carbonyl (C=O) groups excluding carboxylic acids is 1. The number of piperidine rings is 1. The number of nitrogens with zero attached hydrogens (tertiary/aromatic N) is 3. The number of hydrogen-bond acceptors (Lipinski definition) is 3. The number of para-hydroxylation sites is 1. The molecule has 1 aliphatic rings. The molecule has 0 aliphatic carbocycles. The van der Waals surface area contributed by atoms with Gasteiger partial charge in [0.15, 0.2) is 0 Å². The van der Waals surface area contributed by atoms with Gasteiger partial charge < -0.3 is 10.0 Å². The average molecular weight is 313 g/mol. The van der Waals surface area contributed by atoms with E-state index in [0.717, 1.165) is 11.4 Å². The molecule has 0 spiro atoms. The molecule has 6 nitrogen and oxygen atoms in total. The molecular weight excluding hydrogens is 294 g/mol. The molecule has 2 heterocycles. The van der Waals surface area contributed by atoms with Gasteiger partial charge in [0.1, 0.15) is 0 Å². The van der Waals surface area contributed by atoms with E-state index in [0.29, 0.717) is 24.9 Å². The van der Waals surface area contributed by atoms with Crippen LogP contribution in [0.5, 0.6) is 0 Å². The second-order valence-electron chi connectivity index (χ2n) is 5.82. The highest BCUT2D eigenvalue weighted by atomic mass is 16.4. The summed E-state index contributed by atoms with van der Waals surface area (Å²) in [6, 6.07) is 9.61. The van der Waals surface area contributed by atoms with Gasteiger partial charge in [0, 0.05) is 13.1 Å². The second kappa shape index (κ2) is 6.24. The smallest absolute Gasteiger partial charge is 0.308 e. The first kappa shape index (κ1) is 15.3. The average Bonchev–Trinajstić information content (AvgIpc) is 2.96. The fraction of sp³-hybridized carbons (Fsp3) is 0.353. The number of carbonyl (C=O) groups is 2. The maximum absolute atomic E-state index is 12.7. The van der Waals surface area contributed by atoms with Crippen LogP contribution < -0.4 is 0 Å². The van der Waals surface area contributed by atoms with Gasteiger partial charge in [-0.2, -0.15) is 5.10 Å². The summed E-state index contributed by atoms with van der Waals surface area (Å²) < 4.78 is 1.73. The molecule has 1 fully saturated rings. The standard InChI is InChI=1S/C17H19N3O3/c1-12-15(10-18-20(12)14-7-3-2-4-8-14)16(21)19-9-5-6-13(11-19)17(22)23/h2-4,7-8,10,13H,5-6,9,11H2,1H3,(H,22,23). The Morgan fingerprint density at radius 2 is 2.00 bits per heavy atom. The Hall–Kier alpha value is -2.63. The zero-order valence-corrected chi connectivity index (χ0v) is 13.0. The van der Waals surface area contributed by atoms with Crippen LogP contribution in [0.1, 0.15) is 28.9 Å². The zero-order chi connectivity index (χ0) is 16.4. The molecule has 6 heteroatoms. The van der Waals surface area contributed by atoms with Gasteiger partial charge in [-0.15, -0.1) is 0 Å². The molecule has 23 heavy (non-hydrogen) atoms. The van der Waals surface area contributed by atoms with Crippen LogP contribution in [-0.2, 0) is 4.79 Å². The topological polar surface area (TPSA) is 75.4 Å². The number of amides is 1. The number of likely N-dealkylation sites (tertiary alicyclic amines) is 1. The van der Waals surface area contributed by atoms with Crippen LogP contribution in [-0.4, -0.2) is 44.8 Å². The minimum atomic E-state index is -0.834. The molecule has 0 radical (unpaired) electrons. The predicted molar refractivity (Wildman–Crippen MR) is 84.6 cm³/mol. The largest absolute Gasteiger partial charge is 0.481 e. The minimum Gasteiger partial charge on any atom is -0.481 e. The first-order valence-corrected chi connectivity index (χ1v) is 7.70. The van der Waals surface area contributed by atoms with Crippen molar-refractivity contribution in [1.82, 2.24) is 14.7 Å². The Morgan fingerprint density at radius 1 is 1.26 bits per heavy atom. The zero-order valence-electron chi connectivity index (χ0n) is 13.0. The molecule has 0 bridgehead atoms. The highest BCUT2D eigenvalue weighted by Gasteiger charge is 2.30. The van der Waals surface area contributed by atoms with Gasteiger partial charge in [0.25, 0.3) is 5.91 Å². The molecule has 3 rings (SSSR count). The highest BCUT2D eigenvalue weighted by molar-refractivity contribution is 5.95. The van der Waals surface area contributed by atoms with E-state index in [9.17, 15) is 9.59 Å². The maximum Gasteiger partial charge on any atom is 0.308 e. The summed E-state index contributed by atoms with van der Waals surface area (Å²) in [6.45, 7) is 2.72. The first-order valence-electron chi connectivity index (χ1n) is 7.70. The first-order chi connectivity index (χ1) is 11.1. The molecule has 1 aromatic heterocycles. The lowest BCUT2D eigenvalue weighted by Crippen LogP contribution is -2.42. The molecule has 1 aliphatic heterocycles. The van der Waals surface area contributed by atoms with E-state index in [4.69, 9.17) is 5.11 Å². The molecule has 1 unspecified atom stereocenters. The van der Waals surface area contributed by atoms with Crippen LogP contribution in [0.3, 0.4) is 0 Å². The molecule has 1 atom stereocenters. The summed E-state index contributed by atoms with van der Waals surface area (Å²) >= 11 is 0. The van der Waals surface area contributed by atoms with Crippen molar-refractivity contribution in [1.29, 1.82) is 0 Å². The number of benzene rings is 1. The molecule has 1 amide bonds. The molecule has 120 valence electrons. The van der Waals surface area contributed by atoms with Gasteiger partial charge in [-0.1, -0.05) is 18.2 Å². The number of carboxylic acid groups (broad SMARTS) is 1. The lowest BCUT2D eigenvalue weighted by molar-refractivity contribution is -0.143. The number of aromatic nitrogens is 2. The Balaban J connectivity index is 1.83. The van der Waals surface area contributed by atoms with E-state index in [2.05, 4.69) is 5.10 Å². The van der Waals surface area contributed by atoms with Gasteiger partial charge >= 0.3 is 5.97 Å². The summed E-state index contributed by atoms with van der Waals surface area (Å²) in [5.74, 6) is -1.45. The third-order valence-corrected chi connectivity index (χ3v) is 4.30. The molecule has 2 aromatic rings. The number of carboxylic acids is 1. The van der Waals surface area contributed by atoms with Crippen LogP contribution in [0.15, 0.2) is 36.5 Å². The van der Waals surface area contributed by atoms with E-state index in [-0.39, 0.29) is 12.5 Å². The van der Waals surface area contributed by atoms with E-state index in [1.165, 1.54) is 0 Å². The van der Waals surface area contributed by atoms with Gasteiger partial charge in [0.2, 0.25) is 0 Å². The van der Waals surface area contributed by atoms with Gasteiger partial charge in [0.05, 0.1) is 29.1 Å². The highest BCUT2D eigenvalue weighted by Crippen LogP contribution is 2.21. The van der Waals surface area contributed by atoms with E-state index in [1.807, 2.05) is 37.3 Å². The van der Waals surface area contributed by atoms with Crippen LogP contribution in [0.2, 0.25) is 0 Å². The molecular formula is C17H19N3O3. The van der Waals surface area contributed by atoms with Crippen molar-refractivity contribution < 1.29 is 14.7 Å². The Bertz CT molecular complexity index is 724. The molecule has 1 saturated heterocycles. The fourth-order valence-electron chi connectivity index (χ4n) is 2.98. The van der Waals surface area contributed by atoms with Crippen molar-refractivity contribution in [3.8, 4) is 5.69 Å². The lowest BCUT2D eigenvalue weighted by atomic mass is 9.98. The number of rotatable bonds is 3. The van der Waals surface area contributed by atoms with Gasteiger partial charge in [-0.3, -0.25) is 9.59 Å². The van der Waals surface area contributed by atoms with Gasteiger partial charge in [-0.05, 0) is 31.9 Å². The van der Waals surface area contributed by atoms with Crippen LogP contribution in [0.25, 0.3) is 5.69 Å². The summed E-state index contributed by atoms with van der Waals surface area (Å²) in [6.07, 6.45) is 2.91. The summed E-state index contributed by atoms with van der Waals surface area (Å²) in [4.78, 5) is 25.5. The van der Waals surface area contributed by atoms with Crippen LogP contribution in [0.4, 0.5) is 0 Å². The third-order valence-electron chi connectivity index (χ3n) is 4.30. The fourth-order valence-corrected chi connectivity index (χ4v) is 2.98. The summed E-state index contributed by atoms with van der Waals surface area (Å²) in [7, 11) is 0. The van der Waals surface area contributed by atoms with Crippen molar-refractivity contribution in [2.24, 2.45) is 5.92 Å². The van der Waals surface area contributed by atoms with Crippen molar-refractivity contribution in [2.45, 2.75) is 19.8 Å². The van der Waals surface area contributed by atoms with Crippen molar-refractivity contribution >= 4 is 11.9 Å². The summed E-state index contributed by atoms with van der Waals surface area (Å²) in [5.41, 5.74) is 2.18. The quantitative estimate of drug-likeness (QED) is 0.942. The van der Waals surface area contributed by atoms with Crippen molar-refractivity contribution in [2.75, 3.05) is 13.1 Å². The van der Waals surface area contributed by atoms with Crippen molar-refractivity contribution in [3.63, 3.8) is 0 Å². The number of hydrogen-bond donors (Lipinski definition) is 1. The maximum atomic E-state index is 12.7. The summed E-state index contributed by atoms with van der Waals surface area (Å²) in [5, 5.41) is 13.5. The minimum absolute atomic E-state index is 0.143. The SMILES string of the molecule is Cc1c(C(=O)N2CCCC(C(=O)O)C2)cnn1-c1ccccc1. The van der Waals surface area contributed by atoms with E-state index in [1.54, 1.807) is 15.8 Å². The molecule has 1 aromatic carbocycles. The Morgan fingerprint density at radius 3 is 2.70 bits per heavy atom. The third kappa shape index (κ3) is 2.97. The molecule has 1 N–H and O–H groups in total. The van der Waals surface area contributed by atoms with Crippen LogP contribution in [0, 0.1) is 12.8 Å². The number of aliphatic carboxylic acids is 1. The van der Waals surface area contributed by atoms with E-state index < -0.39 is 11.9 Å². The van der Waals surface area contributed by atoms with Gasteiger partial charge in [-0.25, -0.2) is 4.68 Å². The molecule has 0 saturated carbocycles. The second-order valence-corrected chi connectivity index (χ2v) is 5.82. The van der Waals surface area contributed by atoms with Crippen molar-refractivity contribution in [3.05, 3.63) is 47.8 Å². The Labute approximate surface area is 134 Å². The monoisotopic (exact) mass is 313 g/mol. The Kier molecular flexibility index (Phi) is 4.14. The van der Waals surface area contributed by atoms with E-state index >= 15 is 0 Å². The lowest BCUT2D eigenvalue weighted by Gasteiger charge is -2.30. The predicted octanol–water partition coefficient (Wildman–Crippen LogP) is 2.12.